The minimum atomic E-state index is -1.33. The number of aldehydes is 1. The summed E-state index contributed by atoms with van der Waals surface area (Å²) < 4.78 is 31.2. The van der Waals surface area contributed by atoms with E-state index in [2.05, 4.69) is 32.4 Å². The van der Waals surface area contributed by atoms with Gasteiger partial charge in [0.05, 0.1) is 24.1 Å². The Labute approximate surface area is 237 Å². The monoisotopic (exact) mass is 557 g/mol. The van der Waals surface area contributed by atoms with Gasteiger partial charge in [0.1, 0.15) is 23.3 Å². The molecule has 41 heavy (non-hydrogen) atoms. The van der Waals surface area contributed by atoms with E-state index < -0.39 is 23.4 Å². The number of nitrogens with one attached hydrogen (secondary N) is 1. The molecule has 0 radical (unpaired) electrons. The third-order valence-electron chi connectivity index (χ3n) is 8.14. The zero-order chi connectivity index (χ0) is 29.0. The van der Waals surface area contributed by atoms with Crippen molar-refractivity contribution in [3.05, 3.63) is 83.2 Å². The second kappa shape index (κ2) is 12.2. The summed E-state index contributed by atoms with van der Waals surface area (Å²) in [6, 6.07) is 9.17. The maximum atomic E-state index is 15.9. The Morgan fingerprint density at radius 2 is 2.02 bits per heavy atom. The van der Waals surface area contributed by atoms with E-state index in [1.165, 1.54) is 0 Å². The molecule has 0 saturated heterocycles. The first-order chi connectivity index (χ1) is 19.8. The fourth-order valence-electron chi connectivity index (χ4n) is 5.59. The molecule has 5 rings (SSSR count). The van der Waals surface area contributed by atoms with Gasteiger partial charge in [0.2, 0.25) is 0 Å². The van der Waals surface area contributed by atoms with Crippen LogP contribution in [0.15, 0.2) is 55.0 Å². The number of alkyl halides is 1. The number of nitrogens with zero attached hydrogens (tertiary/aromatic N) is 4. The fraction of sp³-hybridized carbons (Fsp3) is 0.375. The highest BCUT2D eigenvalue weighted by Gasteiger charge is 2.39. The lowest BCUT2D eigenvalue weighted by atomic mass is 9.74. The molecule has 0 aliphatic heterocycles. The summed E-state index contributed by atoms with van der Waals surface area (Å²) in [7, 11) is 0. The third kappa shape index (κ3) is 6.14. The topological polar surface area (TPSA) is 97.7 Å². The molecule has 0 spiro atoms. The molecule has 1 unspecified atom stereocenters. The lowest BCUT2D eigenvalue weighted by Crippen LogP contribution is -2.38. The SMILES string of the molecule is CCCCC(C)[C@]1(F)CCc2nc3c(F)cc(C(=O)N[C@H](CC=O)c4ccc(-c5ccnnc5)nc4)cc3cc2C1. The maximum absolute atomic E-state index is 15.9. The van der Waals surface area contributed by atoms with E-state index in [-0.39, 0.29) is 29.8 Å². The van der Waals surface area contributed by atoms with Gasteiger partial charge in [-0.3, -0.25) is 9.78 Å². The molecular weight excluding hydrogens is 524 g/mol. The number of aryl methyl sites for hydroxylation is 1. The van der Waals surface area contributed by atoms with Crippen LogP contribution in [0, 0.1) is 11.7 Å². The Morgan fingerprint density at radius 1 is 1.17 bits per heavy atom. The third-order valence-corrected chi connectivity index (χ3v) is 8.14. The van der Waals surface area contributed by atoms with Crippen LogP contribution in [0.25, 0.3) is 22.2 Å². The fourth-order valence-corrected chi connectivity index (χ4v) is 5.59. The minimum absolute atomic E-state index is 0.0174. The number of hydrogen-bond acceptors (Lipinski definition) is 6. The first-order valence-corrected chi connectivity index (χ1v) is 14.1. The molecule has 1 aliphatic carbocycles. The van der Waals surface area contributed by atoms with Gasteiger partial charge in [0, 0.05) is 41.2 Å². The van der Waals surface area contributed by atoms with Crippen molar-refractivity contribution >= 4 is 23.1 Å². The van der Waals surface area contributed by atoms with Gasteiger partial charge in [0.25, 0.3) is 5.91 Å². The number of halogens is 2. The van der Waals surface area contributed by atoms with E-state index in [9.17, 15) is 9.59 Å². The molecule has 0 bridgehead atoms. The average molecular weight is 558 g/mol. The molecule has 1 aliphatic rings. The lowest BCUT2D eigenvalue weighted by Gasteiger charge is -2.36. The van der Waals surface area contributed by atoms with Crippen LogP contribution in [-0.2, 0) is 17.6 Å². The first-order valence-electron chi connectivity index (χ1n) is 14.1. The standard InChI is InChI=1S/C32H33F2N5O2/c1-3-4-5-20(2)32(34)11-8-28-25(17-32)15-23-14-24(16-26(33)30(23)38-28)31(41)39-29(10-13-40)21-6-7-27(35-18-21)22-9-12-36-37-19-22/h6-7,9,12-16,18-20,29H,3-5,8,10-11,17H2,1-2H3,(H,39,41)/t20?,29-,32+/m1/s1. The number of carbonyl (C=O) groups excluding carboxylic acids is 2. The van der Waals surface area contributed by atoms with Crippen molar-refractivity contribution in [3.63, 3.8) is 0 Å². The predicted molar refractivity (Wildman–Crippen MR) is 152 cm³/mol. The van der Waals surface area contributed by atoms with E-state index in [4.69, 9.17) is 0 Å². The van der Waals surface area contributed by atoms with Gasteiger partial charge in [-0.1, -0.05) is 32.8 Å². The van der Waals surface area contributed by atoms with Gasteiger partial charge in [-0.15, -0.1) is 0 Å². The summed E-state index contributed by atoms with van der Waals surface area (Å²) >= 11 is 0. The normalized spacial score (nSPS) is 18.0. The van der Waals surface area contributed by atoms with Crippen molar-refractivity contribution in [3.8, 4) is 11.3 Å². The zero-order valence-electron chi connectivity index (χ0n) is 23.2. The largest absolute Gasteiger partial charge is 0.345 e. The summed E-state index contributed by atoms with van der Waals surface area (Å²) in [5, 5.41) is 10.9. The molecule has 3 atom stereocenters. The summed E-state index contributed by atoms with van der Waals surface area (Å²) in [6.07, 6.45) is 9.36. The Bertz CT molecular complexity index is 1550. The lowest BCUT2D eigenvalue weighted by molar-refractivity contribution is -0.108. The van der Waals surface area contributed by atoms with Gasteiger partial charge in [0.15, 0.2) is 0 Å². The molecule has 0 saturated carbocycles. The van der Waals surface area contributed by atoms with Gasteiger partial charge < -0.3 is 10.1 Å². The molecule has 1 N–H and O–H groups in total. The number of carbonyl (C=O) groups is 2. The number of fused-ring (bicyclic) bond motifs is 2. The van der Waals surface area contributed by atoms with Crippen molar-refractivity contribution in [2.45, 2.75) is 70.5 Å². The van der Waals surface area contributed by atoms with Crippen molar-refractivity contribution in [2.24, 2.45) is 5.92 Å². The summed E-state index contributed by atoms with van der Waals surface area (Å²) in [5.74, 6) is -1.24. The predicted octanol–water partition coefficient (Wildman–Crippen LogP) is 6.31. The second-order valence-electron chi connectivity index (χ2n) is 10.9. The molecular formula is C32H33F2N5O2. The van der Waals surface area contributed by atoms with Crippen LogP contribution >= 0.6 is 0 Å². The minimum Gasteiger partial charge on any atom is -0.345 e. The highest BCUT2D eigenvalue weighted by molar-refractivity contribution is 5.98. The highest BCUT2D eigenvalue weighted by Crippen LogP contribution is 2.40. The van der Waals surface area contributed by atoms with Gasteiger partial charge >= 0.3 is 0 Å². The van der Waals surface area contributed by atoms with E-state index in [0.717, 1.165) is 36.5 Å². The molecule has 212 valence electrons. The maximum Gasteiger partial charge on any atom is 0.251 e. The number of unbranched alkanes of at least 4 members (excludes halogenated alkanes) is 1. The molecule has 1 amide bonds. The molecule has 4 aromatic rings. The molecule has 7 nitrogen and oxygen atoms in total. The van der Waals surface area contributed by atoms with Gasteiger partial charge in [-0.05, 0) is 66.6 Å². The van der Waals surface area contributed by atoms with Gasteiger partial charge in [-0.2, -0.15) is 10.2 Å². The molecule has 0 fully saturated rings. The summed E-state index contributed by atoms with van der Waals surface area (Å²) in [4.78, 5) is 33.7. The van der Waals surface area contributed by atoms with E-state index in [1.807, 2.05) is 6.92 Å². The van der Waals surface area contributed by atoms with Crippen LogP contribution in [0.3, 0.4) is 0 Å². The molecule has 1 aromatic carbocycles. The van der Waals surface area contributed by atoms with Crippen molar-refractivity contribution in [1.82, 2.24) is 25.5 Å². The zero-order valence-corrected chi connectivity index (χ0v) is 23.2. The van der Waals surface area contributed by atoms with Crippen LogP contribution in [0.4, 0.5) is 8.78 Å². The van der Waals surface area contributed by atoms with Crippen molar-refractivity contribution in [1.29, 1.82) is 0 Å². The van der Waals surface area contributed by atoms with Crippen LogP contribution in [-0.4, -0.2) is 38.0 Å². The van der Waals surface area contributed by atoms with Crippen molar-refractivity contribution < 1.29 is 18.4 Å². The average Bonchev–Trinajstić information content (AvgIpc) is 2.99. The van der Waals surface area contributed by atoms with E-state index in [0.29, 0.717) is 41.5 Å². The molecule has 3 aromatic heterocycles. The number of rotatable bonds is 10. The van der Waals surface area contributed by atoms with E-state index in [1.54, 1.807) is 48.9 Å². The Balaban J connectivity index is 1.38. The number of amides is 1. The van der Waals surface area contributed by atoms with Gasteiger partial charge in [-0.25, -0.2) is 13.8 Å². The summed E-state index contributed by atoms with van der Waals surface area (Å²) in [5.41, 5.74) is 2.50. The highest BCUT2D eigenvalue weighted by atomic mass is 19.1. The van der Waals surface area contributed by atoms with E-state index >= 15 is 8.78 Å². The smallest absolute Gasteiger partial charge is 0.251 e. The van der Waals surface area contributed by atoms with Crippen LogP contribution in [0.1, 0.15) is 79.2 Å². The summed E-state index contributed by atoms with van der Waals surface area (Å²) in [6.45, 7) is 4.06. The van der Waals surface area contributed by atoms with Crippen molar-refractivity contribution in [2.75, 3.05) is 0 Å². The Morgan fingerprint density at radius 3 is 2.73 bits per heavy atom. The van der Waals surface area contributed by atoms with Crippen LogP contribution in [0.2, 0.25) is 0 Å². The molecule has 3 heterocycles. The second-order valence-corrected chi connectivity index (χ2v) is 10.9. The number of pyridine rings is 2. The number of benzene rings is 1. The Hall–Kier alpha value is -4.14. The van der Waals surface area contributed by atoms with Crippen LogP contribution < -0.4 is 5.32 Å². The number of hydrogen-bond donors (Lipinski definition) is 1. The number of aromatic nitrogens is 4. The quantitative estimate of drug-likeness (QED) is 0.230. The molecule has 9 heteroatoms. The first kappa shape index (κ1) is 28.4. The Kier molecular flexibility index (Phi) is 8.42. The van der Waals surface area contributed by atoms with Crippen LogP contribution in [0.5, 0.6) is 0 Å².